The zero-order chi connectivity index (χ0) is 27.5. The molecule has 8 nitrogen and oxygen atoms in total. The van der Waals surface area contributed by atoms with Gasteiger partial charge in [0.2, 0.25) is 11.8 Å². The van der Waals surface area contributed by atoms with E-state index in [9.17, 15) is 9.59 Å². The first-order chi connectivity index (χ1) is 18.8. The highest BCUT2D eigenvalue weighted by Crippen LogP contribution is 2.39. The number of hydrogen-bond acceptors (Lipinski definition) is 5. The number of piperidine rings is 1. The van der Waals surface area contributed by atoms with Gasteiger partial charge >= 0.3 is 0 Å². The maximum atomic E-state index is 13.2. The molecule has 1 saturated heterocycles. The highest BCUT2D eigenvalue weighted by atomic mass is 16.5. The summed E-state index contributed by atoms with van der Waals surface area (Å²) in [6.45, 7) is 8.04. The number of carbonyl (C=O) groups is 2. The predicted octanol–water partition coefficient (Wildman–Crippen LogP) is 4.55. The number of fused-ring (bicyclic) bond motifs is 1. The first-order valence-electron chi connectivity index (χ1n) is 14.4. The molecular formula is C31H41N5O3. The van der Waals surface area contributed by atoms with E-state index in [0.717, 1.165) is 74.3 Å². The summed E-state index contributed by atoms with van der Waals surface area (Å²) < 4.78 is 6.32. The Morgan fingerprint density at radius 3 is 2.41 bits per heavy atom. The third kappa shape index (κ3) is 6.49. The van der Waals surface area contributed by atoms with Crippen LogP contribution in [0.2, 0.25) is 0 Å². The number of carbonyl (C=O) groups excluding carboxylic acids is 2. The second-order valence-electron chi connectivity index (χ2n) is 11.7. The number of anilines is 1. The number of amides is 2. The second kappa shape index (κ2) is 11.9. The quantitative estimate of drug-likeness (QED) is 0.589. The monoisotopic (exact) mass is 531 g/mol. The van der Waals surface area contributed by atoms with Crippen molar-refractivity contribution in [1.29, 1.82) is 0 Å². The van der Waals surface area contributed by atoms with Crippen LogP contribution in [0.15, 0.2) is 41.5 Å². The third-order valence-corrected chi connectivity index (χ3v) is 8.17. The molecule has 0 radical (unpaired) electrons. The largest absolute Gasteiger partial charge is 0.474 e. The number of nitrogens with zero attached hydrogens (tertiary/aromatic N) is 4. The van der Waals surface area contributed by atoms with Crippen LogP contribution in [-0.2, 0) is 11.2 Å². The Hall–Kier alpha value is -3.26. The molecule has 2 aliphatic heterocycles. The van der Waals surface area contributed by atoms with Crippen LogP contribution >= 0.6 is 0 Å². The van der Waals surface area contributed by atoms with Crippen LogP contribution in [0.5, 0.6) is 5.88 Å². The summed E-state index contributed by atoms with van der Waals surface area (Å²) in [4.78, 5) is 39.7. The summed E-state index contributed by atoms with van der Waals surface area (Å²) in [5.41, 5.74) is 3.78. The fourth-order valence-corrected chi connectivity index (χ4v) is 5.92. The van der Waals surface area contributed by atoms with Crippen molar-refractivity contribution >= 4 is 23.3 Å². The number of aliphatic imine (C=N–C) groups is 1. The number of nitrogens with one attached hydrogen (secondary N) is 1. The van der Waals surface area contributed by atoms with Gasteiger partial charge in [-0.15, -0.1) is 0 Å². The molecule has 0 atom stereocenters. The van der Waals surface area contributed by atoms with E-state index in [2.05, 4.69) is 32.1 Å². The van der Waals surface area contributed by atoms with E-state index in [1.807, 2.05) is 57.3 Å². The molecule has 1 aromatic heterocycles. The Morgan fingerprint density at radius 2 is 1.74 bits per heavy atom. The van der Waals surface area contributed by atoms with E-state index < -0.39 is 0 Å². The molecule has 208 valence electrons. The van der Waals surface area contributed by atoms with E-state index >= 15 is 0 Å². The summed E-state index contributed by atoms with van der Waals surface area (Å²) in [6.07, 6.45) is 7.93. The SMILES string of the molecule is Cc1ccc(C(=O)N=C2Cc3cnc(OC4CCN(C)CC4)cc3N2C2CCC(C(=O)NC(C)C)CC2)cc1. The number of likely N-dealkylation sites (tertiary alicyclic amines) is 1. The molecule has 2 aromatic rings. The van der Waals surface area contributed by atoms with E-state index in [-0.39, 0.29) is 35.9 Å². The van der Waals surface area contributed by atoms with E-state index in [0.29, 0.717) is 17.9 Å². The van der Waals surface area contributed by atoms with Gasteiger partial charge in [-0.1, -0.05) is 17.7 Å². The van der Waals surface area contributed by atoms with Crippen molar-refractivity contribution in [2.24, 2.45) is 10.9 Å². The minimum absolute atomic E-state index is 0.0288. The smallest absolute Gasteiger partial charge is 0.278 e. The zero-order valence-electron chi connectivity index (χ0n) is 23.7. The molecule has 2 amide bonds. The van der Waals surface area contributed by atoms with Crippen LogP contribution in [0.25, 0.3) is 0 Å². The number of hydrogen-bond donors (Lipinski definition) is 1. The van der Waals surface area contributed by atoms with Gasteiger partial charge in [-0.2, -0.15) is 4.99 Å². The molecule has 3 heterocycles. The van der Waals surface area contributed by atoms with Crippen molar-refractivity contribution in [2.75, 3.05) is 25.0 Å². The van der Waals surface area contributed by atoms with Crippen molar-refractivity contribution < 1.29 is 14.3 Å². The second-order valence-corrected chi connectivity index (χ2v) is 11.7. The number of ether oxygens (including phenoxy) is 1. The van der Waals surface area contributed by atoms with Crippen molar-refractivity contribution in [3.63, 3.8) is 0 Å². The molecule has 1 saturated carbocycles. The van der Waals surface area contributed by atoms with E-state index in [1.54, 1.807) is 0 Å². The van der Waals surface area contributed by atoms with Gasteiger partial charge in [0.05, 0.1) is 5.69 Å². The van der Waals surface area contributed by atoms with Gasteiger partial charge in [0.15, 0.2) is 0 Å². The molecule has 39 heavy (non-hydrogen) atoms. The molecule has 1 aromatic carbocycles. The highest BCUT2D eigenvalue weighted by molar-refractivity contribution is 6.12. The Kier molecular flexibility index (Phi) is 8.31. The van der Waals surface area contributed by atoms with Crippen LogP contribution in [0.3, 0.4) is 0 Å². The van der Waals surface area contributed by atoms with E-state index in [4.69, 9.17) is 4.74 Å². The summed E-state index contributed by atoms with van der Waals surface area (Å²) in [5, 5.41) is 3.07. The van der Waals surface area contributed by atoms with Gasteiger partial charge in [-0.25, -0.2) is 4.98 Å². The molecule has 3 aliphatic rings. The number of benzene rings is 1. The molecule has 0 bridgehead atoms. The number of rotatable bonds is 6. The zero-order valence-corrected chi connectivity index (χ0v) is 23.7. The average molecular weight is 532 g/mol. The standard InChI is InChI=1S/C31H41N5O3/c1-20(2)33-30(37)23-9-11-25(12-10-23)36-27-18-29(39-26-13-15-35(4)16-14-26)32-19-24(27)17-28(36)34-31(38)22-7-5-21(3)6-8-22/h5-8,18-20,23,25-26H,9-17H2,1-4H3,(H,33,37). The van der Waals surface area contributed by atoms with E-state index in [1.165, 1.54) is 0 Å². The molecule has 0 unspecified atom stereocenters. The lowest BCUT2D eigenvalue weighted by atomic mass is 9.84. The van der Waals surface area contributed by atoms with Crippen LogP contribution in [0.4, 0.5) is 5.69 Å². The first-order valence-corrected chi connectivity index (χ1v) is 14.4. The van der Waals surface area contributed by atoms with Crippen LogP contribution in [0.1, 0.15) is 73.9 Å². The maximum Gasteiger partial charge on any atom is 0.278 e. The van der Waals surface area contributed by atoms with Crippen LogP contribution in [0, 0.1) is 12.8 Å². The summed E-state index contributed by atoms with van der Waals surface area (Å²) in [6, 6.07) is 9.89. The van der Waals surface area contributed by atoms with Crippen LogP contribution in [-0.4, -0.2) is 65.9 Å². The predicted molar refractivity (Wildman–Crippen MR) is 154 cm³/mol. The van der Waals surface area contributed by atoms with Gasteiger partial charge in [0, 0.05) is 60.9 Å². The van der Waals surface area contributed by atoms with Crippen molar-refractivity contribution in [3.8, 4) is 5.88 Å². The summed E-state index contributed by atoms with van der Waals surface area (Å²) in [7, 11) is 2.14. The lowest BCUT2D eigenvalue weighted by molar-refractivity contribution is -0.126. The summed E-state index contributed by atoms with van der Waals surface area (Å²) >= 11 is 0. The third-order valence-electron chi connectivity index (χ3n) is 8.17. The number of pyridine rings is 1. The summed E-state index contributed by atoms with van der Waals surface area (Å²) in [5.74, 6) is 1.32. The lowest BCUT2D eigenvalue weighted by Gasteiger charge is -2.36. The molecule has 2 fully saturated rings. The Morgan fingerprint density at radius 1 is 1.05 bits per heavy atom. The molecule has 8 heteroatoms. The molecule has 0 spiro atoms. The fraction of sp³-hybridized carbons (Fsp3) is 0.548. The van der Waals surface area contributed by atoms with Gasteiger partial charge in [0.25, 0.3) is 5.91 Å². The van der Waals surface area contributed by atoms with Crippen molar-refractivity contribution in [3.05, 3.63) is 53.2 Å². The fourth-order valence-electron chi connectivity index (χ4n) is 5.92. The Bertz CT molecular complexity index is 1210. The van der Waals surface area contributed by atoms with Crippen LogP contribution < -0.4 is 15.0 Å². The number of amidine groups is 1. The Balaban J connectivity index is 1.39. The molecular weight excluding hydrogens is 490 g/mol. The Labute approximate surface area is 231 Å². The lowest BCUT2D eigenvalue weighted by Crippen LogP contribution is -2.44. The minimum atomic E-state index is -0.233. The topological polar surface area (TPSA) is 87.1 Å². The normalized spacial score (nSPS) is 23.2. The van der Waals surface area contributed by atoms with Gasteiger partial charge in [-0.05, 0) is 78.5 Å². The van der Waals surface area contributed by atoms with Crippen molar-refractivity contribution in [2.45, 2.75) is 83.9 Å². The van der Waals surface area contributed by atoms with Crippen molar-refractivity contribution in [1.82, 2.24) is 15.2 Å². The minimum Gasteiger partial charge on any atom is -0.474 e. The highest BCUT2D eigenvalue weighted by Gasteiger charge is 2.37. The number of aryl methyl sites for hydroxylation is 1. The average Bonchev–Trinajstić information content (AvgIpc) is 3.27. The molecule has 1 aliphatic carbocycles. The number of aromatic nitrogens is 1. The maximum absolute atomic E-state index is 13.2. The molecule has 1 N–H and O–H groups in total. The van der Waals surface area contributed by atoms with Gasteiger partial charge < -0.3 is 19.9 Å². The first kappa shape index (κ1) is 27.3. The van der Waals surface area contributed by atoms with Gasteiger partial charge in [0.1, 0.15) is 11.9 Å². The van der Waals surface area contributed by atoms with Gasteiger partial charge in [-0.3, -0.25) is 9.59 Å². The molecule has 5 rings (SSSR count).